The molecule has 0 unspecified atom stereocenters. The van der Waals surface area contributed by atoms with Crippen molar-refractivity contribution in [1.82, 2.24) is 19.4 Å². The standard InChI is InChI=1S/C24H28N4O2/c1-30-20-8-6-18(7-9-20)24(12-2-3-13-24)23(29)27-15-10-19(11-16-27)28-17-26-21-5-4-14-25-22(21)28/h4-9,14,17,19H,2-3,10-13,15-16H2,1H3. The van der Waals surface area contributed by atoms with Crippen molar-refractivity contribution in [1.29, 1.82) is 0 Å². The molecule has 5 rings (SSSR count). The minimum Gasteiger partial charge on any atom is -0.497 e. The molecule has 30 heavy (non-hydrogen) atoms. The maximum absolute atomic E-state index is 13.7. The predicted molar refractivity (Wildman–Crippen MR) is 116 cm³/mol. The van der Waals surface area contributed by atoms with Gasteiger partial charge in [-0.1, -0.05) is 25.0 Å². The summed E-state index contributed by atoms with van der Waals surface area (Å²) in [6.45, 7) is 1.57. The highest BCUT2D eigenvalue weighted by Gasteiger charge is 2.45. The van der Waals surface area contributed by atoms with Crippen LogP contribution in [0.3, 0.4) is 0 Å². The third-order valence-corrected chi connectivity index (χ3v) is 6.99. The van der Waals surface area contributed by atoms with E-state index in [-0.39, 0.29) is 5.41 Å². The normalized spacial score (nSPS) is 19.3. The first kappa shape index (κ1) is 19.1. The number of likely N-dealkylation sites (tertiary alicyclic amines) is 1. The van der Waals surface area contributed by atoms with Gasteiger partial charge in [0.1, 0.15) is 11.3 Å². The number of aromatic nitrogens is 3. The van der Waals surface area contributed by atoms with Crippen LogP contribution in [0.15, 0.2) is 48.9 Å². The number of imidazole rings is 1. The molecule has 6 nitrogen and oxygen atoms in total. The Bertz CT molecular complexity index is 1030. The Hall–Kier alpha value is -2.89. The fourth-order valence-electron chi connectivity index (χ4n) is 5.30. The molecule has 2 fully saturated rings. The van der Waals surface area contributed by atoms with E-state index in [0.29, 0.717) is 11.9 Å². The molecule has 0 atom stereocenters. The average molecular weight is 405 g/mol. The molecule has 2 aliphatic rings. The van der Waals surface area contributed by atoms with Gasteiger partial charge in [-0.25, -0.2) is 9.97 Å². The fourth-order valence-corrected chi connectivity index (χ4v) is 5.30. The van der Waals surface area contributed by atoms with Crippen molar-refractivity contribution in [2.45, 2.75) is 50.0 Å². The number of amides is 1. The maximum Gasteiger partial charge on any atom is 0.233 e. The Morgan fingerprint density at radius 3 is 2.50 bits per heavy atom. The van der Waals surface area contributed by atoms with Gasteiger partial charge in [-0.2, -0.15) is 0 Å². The second-order valence-corrected chi connectivity index (χ2v) is 8.54. The van der Waals surface area contributed by atoms with E-state index in [2.05, 4.69) is 31.6 Å². The molecule has 3 aromatic rings. The number of fused-ring (bicyclic) bond motifs is 1. The number of carbonyl (C=O) groups is 1. The van der Waals surface area contributed by atoms with Crippen LogP contribution in [-0.4, -0.2) is 45.5 Å². The molecule has 0 N–H and O–H groups in total. The summed E-state index contributed by atoms with van der Waals surface area (Å²) < 4.78 is 7.50. The lowest BCUT2D eigenvalue weighted by atomic mass is 9.77. The van der Waals surface area contributed by atoms with E-state index in [1.165, 1.54) is 0 Å². The van der Waals surface area contributed by atoms with Crippen LogP contribution in [0, 0.1) is 0 Å². The second-order valence-electron chi connectivity index (χ2n) is 8.54. The Morgan fingerprint density at radius 2 is 1.80 bits per heavy atom. The molecular formula is C24H28N4O2. The van der Waals surface area contributed by atoms with Gasteiger partial charge in [0.15, 0.2) is 5.65 Å². The quantitative estimate of drug-likeness (QED) is 0.656. The summed E-state index contributed by atoms with van der Waals surface area (Å²) in [6.07, 6.45) is 9.69. The van der Waals surface area contributed by atoms with Gasteiger partial charge in [0.25, 0.3) is 0 Å². The topological polar surface area (TPSA) is 60.2 Å². The Morgan fingerprint density at radius 1 is 1.07 bits per heavy atom. The third kappa shape index (κ3) is 3.15. The number of piperidine rings is 1. The van der Waals surface area contributed by atoms with Gasteiger partial charge in [-0.15, -0.1) is 0 Å². The highest BCUT2D eigenvalue weighted by molar-refractivity contribution is 5.89. The highest BCUT2D eigenvalue weighted by Crippen LogP contribution is 2.44. The summed E-state index contributed by atoms with van der Waals surface area (Å²) in [5.74, 6) is 1.14. The van der Waals surface area contributed by atoms with Gasteiger partial charge in [0.05, 0.1) is 18.9 Å². The SMILES string of the molecule is COc1ccc(C2(C(=O)N3CCC(n4cnc5cccnc54)CC3)CCCC2)cc1. The van der Waals surface area contributed by atoms with Crippen molar-refractivity contribution in [3.8, 4) is 5.75 Å². The van der Waals surface area contributed by atoms with E-state index in [0.717, 1.165) is 74.1 Å². The summed E-state index contributed by atoms with van der Waals surface area (Å²) >= 11 is 0. The minimum atomic E-state index is -0.373. The Balaban J connectivity index is 1.33. The van der Waals surface area contributed by atoms with Crippen molar-refractivity contribution >= 4 is 17.1 Å². The van der Waals surface area contributed by atoms with E-state index in [4.69, 9.17) is 4.74 Å². The molecule has 1 saturated heterocycles. The van der Waals surface area contributed by atoms with Crippen LogP contribution >= 0.6 is 0 Å². The molecule has 3 heterocycles. The number of ether oxygens (including phenoxy) is 1. The molecule has 1 aliphatic carbocycles. The zero-order chi connectivity index (χ0) is 20.6. The Kier molecular flexibility index (Phi) is 4.93. The van der Waals surface area contributed by atoms with E-state index in [1.807, 2.05) is 36.8 Å². The first-order chi connectivity index (χ1) is 14.7. The van der Waals surface area contributed by atoms with Crippen LogP contribution in [0.1, 0.15) is 50.1 Å². The summed E-state index contributed by atoms with van der Waals surface area (Å²) in [6, 6.07) is 12.4. The van der Waals surface area contributed by atoms with Gasteiger partial charge < -0.3 is 14.2 Å². The average Bonchev–Trinajstić information content (AvgIpc) is 3.47. The number of hydrogen-bond donors (Lipinski definition) is 0. The van der Waals surface area contributed by atoms with Crippen LogP contribution in [-0.2, 0) is 10.2 Å². The maximum atomic E-state index is 13.7. The summed E-state index contributed by atoms with van der Waals surface area (Å²) in [5.41, 5.74) is 2.63. The monoisotopic (exact) mass is 404 g/mol. The van der Waals surface area contributed by atoms with Crippen LogP contribution in [0.4, 0.5) is 0 Å². The number of benzene rings is 1. The molecule has 6 heteroatoms. The van der Waals surface area contributed by atoms with E-state index >= 15 is 0 Å². The van der Waals surface area contributed by atoms with Crippen LogP contribution in [0.25, 0.3) is 11.2 Å². The zero-order valence-corrected chi connectivity index (χ0v) is 17.5. The predicted octanol–water partition coefficient (Wildman–Crippen LogP) is 4.12. The van der Waals surface area contributed by atoms with Crippen molar-refractivity contribution in [2.75, 3.05) is 20.2 Å². The highest BCUT2D eigenvalue weighted by atomic mass is 16.5. The van der Waals surface area contributed by atoms with Crippen LogP contribution in [0.5, 0.6) is 5.75 Å². The smallest absolute Gasteiger partial charge is 0.233 e. The summed E-state index contributed by atoms with van der Waals surface area (Å²) in [5, 5.41) is 0. The van der Waals surface area contributed by atoms with Gasteiger partial charge in [0, 0.05) is 25.3 Å². The van der Waals surface area contributed by atoms with Crippen molar-refractivity contribution in [3.63, 3.8) is 0 Å². The number of rotatable bonds is 4. The number of carbonyl (C=O) groups excluding carboxylic acids is 1. The lowest BCUT2D eigenvalue weighted by Gasteiger charge is -2.39. The van der Waals surface area contributed by atoms with Crippen molar-refractivity contribution in [3.05, 3.63) is 54.5 Å². The van der Waals surface area contributed by atoms with Gasteiger partial charge in [0.2, 0.25) is 5.91 Å². The van der Waals surface area contributed by atoms with E-state index in [1.54, 1.807) is 7.11 Å². The lowest BCUT2D eigenvalue weighted by Crippen LogP contribution is -2.48. The van der Waals surface area contributed by atoms with E-state index in [9.17, 15) is 4.79 Å². The molecular weight excluding hydrogens is 376 g/mol. The lowest BCUT2D eigenvalue weighted by molar-refractivity contribution is -0.138. The molecule has 1 saturated carbocycles. The zero-order valence-electron chi connectivity index (χ0n) is 17.5. The summed E-state index contributed by atoms with van der Waals surface area (Å²) in [4.78, 5) is 24.8. The molecule has 1 aliphatic heterocycles. The largest absolute Gasteiger partial charge is 0.497 e. The number of methoxy groups -OCH3 is 1. The van der Waals surface area contributed by atoms with Crippen molar-refractivity contribution in [2.24, 2.45) is 0 Å². The second kappa shape index (κ2) is 7.74. The molecule has 2 aromatic heterocycles. The fraction of sp³-hybridized carbons (Fsp3) is 0.458. The van der Waals surface area contributed by atoms with Gasteiger partial charge in [-0.3, -0.25) is 4.79 Å². The first-order valence-electron chi connectivity index (χ1n) is 10.9. The van der Waals surface area contributed by atoms with Crippen LogP contribution < -0.4 is 4.74 Å². The molecule has 0 bridgehead atoms. The summed E-state index contributed by atoms with van der Waals surface area (Å²) in [7, 11) is 1.68. The molecule has 156 valence electrons. The number of hydrogen-bond acceptors (Lipinski definition) is 4. The van der Waals surface area contributed by atoms with Gasteiger partial charge in [-0.05, 0) is 55.5 Å². The molecule has 0 spiro atoms. The van der Waals surface area contributed by atoms with E-state index < -0.39 is 0 Å². The molecule has 1 amide bonds. The Labute approximate surface area is 176 Å². The molecule has 1 aromatic carbocycles. The van der Waals surface area contributed by atoms with Crippen LogP contribution in [0.2, 0.25) is 0 Å². The number of pyridine rings is 1. The first-order valence-corrected chi connectivity index (χ1v) is 10.9. The molecule has 0 radical (unpaired) electrons. The van der Waals surface area contributed by atoms with Crippen molar-refractivity contribution < 1.29 is 9.53 Å². The third-order valence-electron chi connectivity index (χ3n) is 6.99. The minimum absolute atomic E-state index is 0.303. The number of nitrogens with zero attached hydrogens (tertiary/aromatic N) is 4. The van der Waals surface area contributed by atoms with Gasteiger partial charge >= 0.3 is 0 Å².